The Bertz CT molecular complexity index is 823. The highest BCUT2D eigenvalue weighted by Gasteiger charge is 2.26. The van der Waals surface area contributed by atoms with E-state index in [0.29, 0.717) is 19.5 Å². The molecule has 2 aromatic rings. The van der Waals surface area contributed by atoms with Crippen LogP contribution < -0.4 is 0 Å². The minimum absolute atomic E-state index is 0.0398. The number of carbonyl (C=O) groups excluding carboxylic acids is 1. The number of hydrogen-bond acceptors (Lipinski definition) is 4. The second-order valence-corrected chi connectivity index (χ2v) is 6.90. The molecule has 140 valence electrons. The Kier molecular flexibility index (Phi) is 5.11. The lowest BCUT2D eigenvalue weighted by Crippen LogP contribution is -2.36. The van der Waals surface area contributed by atoms with Crippen LogP contribution in [0.15, 0.2) is 12.1 Å². The Morgan fingerprint density at radius 2 is 2.00 bits per heavy atom. The third-order valence-corrected chi connectivity index (χ3v) is 4.74. The molecule has 2 aromatic heterocycles. The number of nitrogens with zero attached hydrogens (tertiary/aromatic N) is 5. The molecule has 0 spiro atoms. The summed E-state index contributed by atoms with van der Waals surface area (Å²) in [4.78, 5) is 25.6. The first-order valence-electron chi connectivity index (χ1n) is 8.94. The van der Waals surface area contributed by atoms with E-state index in [9.17, 15) is 9.59 Å². The number of carboxylic acid groups (broad SMARTS) is 1. The minimum Gasteiger partial charge on any atom is -0.481 e. The maximum Gasteiger partial charge on any atom is 0.303 e. The molecule has 8 nitrogen and oxygen atoms in total. The van der Waals surface area contributed by atoms with Crippen LogP contribution in [0.4, 0.5) is 0 Å². The van der Waals surface area contributed by atoms with E-state index in [0.717, 1.165) is 35.7 Å². The van der Waals surface area contributed by atoms with Gasteiger partial charge in [0.2, 0.25) is 5.91 Å². The second-order valence-electron chi connectivity index (χ2n) is 6.90. The second kappa shape index (κ2) is 7.31. The van der Waals surface area contributed by atoms with Crippen molar-refractivity contribution in [2.45, 2.75) is 59.2 Å². The van der Waals surface area contributed by atoms with Crippen LogP contribution >= 0.6 is 0 Å². The smallest absolute Gasteiger partial charge is 0.303 e. The number of carboxylic acids is 1. The fraction of sp³-hybridized carbons (Fsp3) is 0.556. The summed E-state index contributed by atoms with van der Waals surface area (Å²) in [6.45, 7) is 7.65. The average Bonchev–Trinajstić information content (AvgIpc) is 3.06. The number of carbonyl (C=O) groups is 2. The highest BCUT2D eigenvalue weighted by atomic mass is 16.4. The zero-order valence-corrected chi connectivity index (χ0v) is 15.5. The number of aryl methyl sites for hydroxylation is 4. The minimum atomic E-state index is -0.830. The Labute approximate surface area is 152 Å². The van der Waals surface area contributed by atoms with Crippen molar-refractivity contribution in [3.63, 3.8) is 0 Å². The summed E-state index contributed by atoms with van der Waals surface area (Å²) in [5.41, 5.74) is 3.60. The van der Waals surface area contributed by atoms with Crippen molar-refractivity contribution in [2.24, 2.45) is 0 Å². The molecule has 1 N–H and O–H groups in total. The molecule has 1 atom stereocenters. The molecule has 8 heteroatoms. The first kappa shape index (κ1) is 18.2. The van der Waals surface area contributed by atoms with E-state index in [1.54, 1.807) is 4.68 Å². The van der Waals surface area contributed by atoms with Crippen LogP contribution in [0.5, 0.6) is 0 Å². The van der Waals surface area contributed by atoms with Gasteiger partial charge in [0.1, 0.15) is 6.04 Å². The predicted molar refractivity (Wildman–Crippen MR) is 94.6 cm³/mol. The maximum absolute atomic E-state index is 13.0. The van der Waals surface area contributed by atoms with Gasteiger partial charge >= 0.3 is 5.97 Å². The van der Waals surface area contributed by atoms with Crippen LogP contribution in [0.25, 0.3) is 0 Å². The summed E-state index contributed by atoms with van der Waals surface area (Å²) in [6, 6.07) is 3.53. The van der Waals surface area contributed by atoms with Gasteiger partial charge in [-0.15, -0.1) is 0 Å². The maximum atomic E-state index is 13.0. The van der Waals surface area contributed by atoms with E-state index in [1.807, 2.05) is 42.5 Å². The molecule has 0 radical (unpaired) electrons. The van der Waals surface area contributed by atoms with Crippen molar-refractivity contribution in [3.05, 3.63) is 34.9 Å². The normalized spacial score (nSPS) is 15.4. The van der Waals surface area contributed by atoms with E-state index in [2.05, 4.69) is 10.2 Å². The van der Waals surface area contributed by atoms with Crippen molar-refractivity contribution in [1.29, 1.82) is 0 Å². The van der Waals surface area contributed by atoms with Gasteiger partial charge in [-0.1, -0.05) is 0 Å². The molecule has 3 heterocycles. The van der Waals surface area contributed by atoms with Gasteiger partial charge in [-0.3, -0.25) is 19.0 Å². The SMILES string of the molecule is Cc1cc(C)n(C(C)C(=O)N2CCCn3nc(CCC(=O)O)cc3C2)n1. The molecule has 0 bridgehead atoms. The number of amides is 1. The molecule has 26 heavy (non-hydrogen) atoms. The lowest BCUT2D eigenvalue weighted by atomic mass is 10.2. The summed E-state index contributed by atoms with van der Waals surface area (Å²) in [5, 5.41) is 17.8. The Hall–Kier alpha value is -2.64. The fourth-order valence-electron chi connectivity index (χ4n) is 3.47. The zero-order valence-electron chi connectivity index (χ0n) is 15.5. The lowest BCUT2D eigenvalue weighted by molar-refractivity contribution is -0.137. The van der Waals surface area contributed by atoms with E-state index < -0.39 is 5.97 Å². The molecule has 1 aliphatic heterocycles. The molecular formula is C18H25N5O3. The Morgan fingerprint density at radius 3 is 2.65 bits per heavy atom. The third-order valence-electron chi connectivity index (χ3n) is 4.74. The third kappa shape index (κ3) is 3.79. The Balaban J connectivity index is 1.74. The van der Waals surface area contributed by atoms with Crippen molar-refractivity contribution < 1.29 is 14.7 Å². The summed E-state index contributed by atoms with van der Waals surface area (Å²) in [7, 11) is 0. The van der Waals surface area contributed by atoms with E-state index in [-0.39, 0.29) is 18.4 Å². The summed E-state index contributed by atoms with van der Waals surface area (Å²) < 4.78 is 3.68. The van der Waals surface area contributed by atoms with Gasteiger partial charge in [0, 0.05) is 25.2 Å². The molecule has 0 aromatic carbocycles. The largest absolute Gasteiger partial charge is 0.481 e. The van der Waals surface area contributed by atoms with Gasteiger partial charge < -0.3 is 10.0 Å². The van der Waals surface area contributed by atoms with Crippen LogP contribution in [0, 0.1) is 13.8 Å². The van der Waals surface area contributed by atoms with Crippen LogP contribution in [-0.4, -0.2) is 48.0 Å². The van der Waals surface area contributed by atoms with Crippen molar-refractivity contribution in [1.82, 2.24) is 24.5 Å². The first-order chi connectivity index (χ1) is 12.3. The van der Waals surface area contributed by atoms with Gasteiger partial charge in [-0.25, -0.2) is 0 Å². The molecule has 1 amide bonds. The monoisotopic (exact) mass is 359 g/mol. The van der Waals surface area contributed by atoms with Crippen LogP contribution in [-0.2, 0) is 29.1 Å². The number of rotatable bonds is 5. The van der Waals surface area contributed by atoms with Gasteiger partial charge in [0.05, 0.1) is 30.0 Å². The number of aliphatic carboxylic acids is 1. The van der Waals surface area contributed by atoms with Crippen molar-refractivity contribution >= 4 is 11.9 Å². The van der Waals surface area contributed by atoms with Crippen molar-refractivity contribution in [3.8, 4) is 0 Å². The molecular weight excluding hydrogens is 334 g/mol. The molecule has 3 rings (SSSR count). The Morgan fingerprint density at radius 1 is 1.23 bits per heavy atom. The molecule has 0 saturated carbocycles. The zero-order chi connectivity index (χ0) is 18.8. The molecule has 0 aliphatic carbocycles. The van der Waals surface area contributed by atoms with Gasteiger partial charge in [0.15, 0.2) is 0 Å². The van der Waals surface area contributed by atoms with Gasteiger partial charge in [0.25, 0.3) is 0 Å². The summed E-state index contributed by atoms with van der Waals surface area (Å²) >= 11 is 0. The van der Waals surface area contributed by atoms with Crippen LogP contribution in [0.3, 0.4) is 0 Å². The number of aromatic nitrogens is 4. The molecule has 0 saturated heterocycles. The van der Waals surface area contributed by atoms with Gasteiger partial charge in [-0.05, 0) is 39.3 Å². The molecule has 0 fully saturated rings. The van der Waals surface area contributed by atoms with Gasteiger partial charge in [-0.2, -0.15) is 10.2 Å². The van der Waals surface area contributed by atoms with E-state index in [1.165, 1.54) is 0 Å². The predicted octanol–water partition coefficient (Wildman–Crippen LogP) is 1.71. The lowest BCUT2D eigenvalue weighted by Gasteiger charge is -2.24. The highest BCUT2D eigenvalue weighted by molar-refractivity contribution is 5.80. The summed E-state index contributed by atoms with van der Waals surface area (Å²) in [6.07, 6.45) is 1.29. The van der Waals surface area contributed by atoms with Crippen LogP contribution in [0.2, 0.25) is 0 Å². The number of hydrogen-bond donors (Lipinski definition) is 1. The van der Waals surface area contributed by atoms with E-state index >= 15 is 0 Å². The standard InChI is InChI=1S/C18H25N5O3/c1-12-9-13(2)23(19-12)14(3)18(26)21-7-4-8-22-16(11-21)10-15(20-22)5-6-17(24)25/h9-10,14H,4-8,11H2,1-3H3,(H,24,25). The summed E-state index contributed by atoms with van der Waals surface area (Å²) in [5.74, 6) is -0.790. The number of fused-ring (bicyclic) bond motifs is 1. The fourth-order valence-corrected chi connectivity index (χ4v) is 3.47. The first-order valence-corrected chi connectivity index (χ1v) is 8.94. The van der Waals surface area contributed by atoms with Crippen molar-refractivity contribution in [2.75, 3.05) is 6.54 Å². The van der Waals surface area contributed by atoms with E-state index in [4.69, 9.17) is 5.11 Å². The molecule has 1 unspecified atom stereocenters. The highest BCUT2D eigenvalue weighted by Crippen LogP contribution is 2.19. The average molecular weight is 359 g/mol. The van der Waals surface area contributed by atoms with Crippen LogP contribution in [0.1, 0.15) is 48.6 Å². The molecule has 1 aliphatic rings. The quantitative estimate of drug-likeness (QED) is 0.877. The topological polar surface area (TPSA) is 93.2 Å².